The molecule has 3 heterocycles. The third-order valence-electron chi connectivity index (χ3n) is 5.45. The number of nitrogens with zero attached hydrogens (tertiary/aromatic N) is 5. The van der Waals surface area contributed by atoms with Crippen molar-refractivity contribution in [2.24, 2.45) is 13.0 Å². The van der Waals surface area contributed by atoms with Crippen LogP contribution in [0.5, 0.6) is 0 Å². The van der Waals surface area contributed by atoms with E-state index in [1.165, 1.54) is 6.20 Å². The molecule has 1 aliphatic carbocycles. The van der Waals surface area contributed by atoms with Crippen LogP contribution < -0.4 is 5.56 Å². The maximum atomic E-state index is 13.3. The number of thioether (sulfide) groups is 1. The quantitative estimate of drug-likeness (QED) is 0.570. The monoisotopic (exact) mass is 399 g/mol. The van der Waals surface area contributed by atoms with E-state index in [1.807, 2.05) is 24.7 Å². The summed E-state index contributed by atoms with van der Waals surface area (Å²) in [7, 11) is 1.89. The van der Waals surface area contributed by atoms with E-state index in [1.54, 1.807) is 21.2 Å². The van der Waals surface area contributed by atoms with Gasteiger partial charge in [-0.2, -0.15) is 5.10 Å². The van der Waals surface area contributed by atoms with Crippen LogP contribution in [0.25, 0.3) is 0 Å². The molecule has 2 aromatic heterocycles. The second-order valence-electron chi connectivity index (χ2n) is 7.50. The molecule has 1 unspecified atom stereocenters. The first-order chi connectivity index (χ1) is 13.5. The van der Waals surface area contributed by atoms with Gasteiger partial charge in [0.2, 0.25) is 0 Å². The molecule has 0 spiro atoms. The van der Waals surface area contributed by atoms with E-state index < -0.39 is 0 Å². The maximum absolute atomic E-state index is 13.3. The van der Waals surface area contributed by atoms with Crippen molar-refractivity contribution in [2.75, 3.05) is 12.3 Å². The van der Waals surface area contributed by atoms with Gasteiger partial charge >= 0.3 is 0 Å². The zero-order valence-corrected chi connectivity index (χ0v) is 17.1. The van der Waals surface area contributed by atoms with Crippen LogP contribution in [0.1, 0.15) is 41.0 Å². The molecule has 1 atom stereocenters. The second kappa shape index (κ2) is 7.95. The second-order valence-corrected chi connectivity index (χ2v) is 8.56. The summed E-state index contributed by atoms with van der Waals surface area (Å²) in [5, 5.41) is 5.21. The molecule has 0 radical (unpaired) electrons. The first-order valence-electron chi connectivity index (χ1n) is 9.69. The highest BCUT2D eigenvalue weighted by atomic mass is 32.2. The minimum atomic E-state index is -0.248. The largest absolute Gasteiger partial charge is 0.332 e. The molecule has 0 saturated carbocycles. The molecule has 0 N–H and O–H groups in total. The molecule has 0 bridgehead atoms. The number of carbonyl (C=O) groups is 1. The summed E-state index contributed by atoms with van der Waals surface area (Å²) in [5.41, 5.74) is 1.81. The standard InChI is InChI=1S/C20H25N5O2S/c1-14-10-16(22-23(14)2)13-24(12-15-6-4-3-5-7-15)18(26)17-11-21-20-25(19(17)27)8-9-28-20/h3-4,10-11,15H,5-9,12-13H2,1-2H3. The van der Waals surface area contributed by atoms with Crippen molar-refractivity contribution in [2.45, 2.75) is 44.4 Å². The van der Waals surface area contributed by atoms with Gasteiger partial charge in [0, 0.05) is 37.8 Å². The van der Waals surface area contributed by atoms with Crippen LogP contribution in [0.3, 0.4) is 0 Å². The number of amides is 1. The Kier molecular flexibility index (Phi) is 5.39. The Hall–Kier alpha value is -2.35. The highest BCUT2D eigenvalue weighted by Crippen LogP contribution is 2.23. The molecule has 7 nitrogen and oxygen atoms in total. The molecule has 0 saturated heterocycles. The third-order valence-corrected chi connectivity index (χ3v) is 6.42. The van der Waals surface area contributed by atoms with Crippen LogP contribution in [-0.2, 0) is 20.1 Å². The SMILES string of the molecule is Cc1cc(CN(CC2CC=CCC2)C(=O)c2cnc3n(c2=O)CCS3)nn1C. The number of fused-ring (bicyclic) bond motifs is 1. The molecule has 8 heteroatoms. The van der Waals surface area contributed by atoms with Crippen LogP contribution in [0.2, 0.25) is 0 Å². The lowest BCUT2D eigenvalue weighted by Gasteiger charge is -2.28. The third kappa shape index (κ3) is 3.78. The highest BCUT2D eigenvalue weighted by molar-refractivity contribution is 7.99. The summed E-state index contributed by atoms with van der Waals surface area (Å²) in [5.74, 6) is 0.979. The van der Waals surface area contributed by atoms with Gasteiger partial charge in [0.1, 0.15) is 5.56 Å². The molecule has 4 rings (SSSR count). The van der Waals surface area contributed by atoms with Crippen LogP contribution >= 0.6 is 11.8 Å². The van der Waals surface area contributed by atoms with Gasteiger partial charge in [-0.15, -0.1) is 0 Å². The van der Waals surface area contributed by atoms with Gasteiger partial charge in [0.25, 0.3) is 11.5 Å². The summed E-state index contributed by atoms with van der Waals surface area (Å²) >= 11 is 1.55. The van der Waals surface area contributed by atoms with E-state index in [0.717, 1.165) is 36.4 Å². The summed E-state index contributed by atoms with van der Waals surface area (Å²) in [6, 6.07) is 1.99. The number of carbonyl (C=O) groups excluding carboxylic acids is 1. The Balaban J connectivity index is 1.62. The minimum Gasteiger partial charge on any atom is -0.332 e. The molecule has 148 valence electrons. The lowest BCUT2D eigenvalue weighted by atomic mass is 9.93. The van der Waals surface area contributed by atoms with Crippen molar-refractivity contribution in [3.8, 4) is 0 Å². The van der Waals surface area contributed by atoms with Gasteiger partial charge in [-0.3, -0.25) is 18.8 Å². The predicted molar refractivity (Wildman–Crippen MR) is 108 cm³/mol. The van der Waals surface area contributed by atoms with Crippen LogP contribution in [-0.4, -0.2) is 42.4 Å². The first kappa shape index (κ1) is 19.0. The topological polar surface area (TPSA) is 73.0 Å². The summed E-state index contributed by atoms with van der Waals surface area (Å²) in [6.45, 7) is 3.62. The molecule has 1 amide bonds. The number of allylic oxidation sites excluding steroid dienone is 2. The molecule has 2 aromatic rings. The smallest absolute Gasteiger partial charge is 0.267 e. The average Bonchev–Trinajstić information content (AvgIpc) is 3.29. The molecular formula is C20H25N5O2S. The van der Waals surface area contributed by atoms with Gasteiger partial charge in [-0.25, -0.2) is 4.98 Å². The van der Waals surface area contributed by atoms with E-state index in [2.05, 4.69) is 22.2 Å². The highest BCUT2D eigenvalue weighted by Gasteiger charge is 2.26. The van der Waals surface area contributed by atoms with Gasteiger partial charge < -0.3 is 4.90 Å². The first-order valence-corrected chi connectivity index (χ1v) is 10.7. The molecule has 1 aliphatic heterocycles. The summed E-state index contributed by atoms with van der Waals surface area (Å²) in [4.78, 5) is 32.3. The number of aromatic nitrogens is 4. The van der Waals surface area contributed by atoms with E-state index in [-0.39, 0.29) is 17.0 Å². The number of aryl methyl sites for hydroxylation is 2. The summed E-state index contributed by atoms with van der Waals surface area (Å²) in [6.07, 6.45) is 8.88. The van der Waals surface area contributed by atoms with Gasteiger partial charge in [0.15, 0.2) is 5.16 Å². The van der Waals surface area contributed by atoms with E-state index in [0.29, 0.717) is 30.7 Å². The molecule has 0 aromatic carbocycles. The van der Waals surface area contributed by atoms with Crippen molar-refractivity contribution in [3.05, 3.63) is 51.7 Å². The fraction of sp³-hybridized carbons (Fsp3) is 0.500. The molecule has 0 fully saturated rings. The van der Waals surface area contributed by atoms with E-state index in [9.17, 15) is 9.59 Å². The number of hydrogen-bond donors (Lipinski definition) is 0. The zero-order valence-electron chi connectivity index (χ0n) is 16.3. The van der Waals surface area contributed by atoms with Crippen LogP contribution in [0.15, 0.2) is 34.4 Å². The van der Waals surface area contributed by atoms with Crippen molar-refractivity contribution in [3.63, 3.8) is 0 Å². The van der Waals surface area contributed by atoms with Crippen molar-refractivity contribution in [1.29, 1.82) is 0 Å². The lowest BCUT2D eigenvalue weighted by Crippen LogP contribution is -2.39. The van der Waals surface area contributed by atoms with Gasteiger partial charge in [-0.05, 0) is 38.2 Å². The Bertz CT molecular complexity index is 958. The van der Waals surface area contributed by atoms with E-state index in [4.69, 9.17) is 0 Å². The van der Waals surface area contributed by atoms with Crippen molar-refractivity contribution < 1.29 is 4.79 Å². The van der Waals surface area contributed by atoms with Crippen molar-refractivity contribution >= 4 is 17.7 Å². The Morgan fingerprint density at radius 2 is 2.25 bits per heavy atom. The Morgan fingerprint density at radius 1 is 1.39 bits per heavy atom. The molecule has 28 heavy (non-hydrogen) atoms. The fourth-order valence-electron chi connectivity index (χ4n) is 3.80. The van der Waals surface area contributed by atoms with Crippen molar-refractivity contribution in [1.82, 2.24) is 24.2 Å². The molecular weight excluding hydrogens is 374 g/mol. The molecule has 2 aliphatic rings. The zero-order chi connectivity index (χ0) is 19.7. The minimum absolute atomic E-state index is 0.158. The number of hydrogen-bond acceptors (Lipinski definition) is 5. The van der Waals surface area contributed by atoms with Gasteiger partial charge in [0.05, 0.1) is 12.2 Å². The van der Waals surface area contributed by atoms with Crippen LogP contribution in [0.4, 0.5) is 0 Å². The van der Waals surface area contributed by atoms with Crippen LogP contribution in [0, 0.1) is 12.8 Å². The van der Waals surface area contributed by atoms with E-state index >= 15 is 0 Å². The number of rotatable bonds is 5. The lowest BCUT2D eigenvalue weighted by molar-refractivity contribution is 0.0704. The Labute approximate surface area is 168 Å². The fourth-order valence-corrected chi connectivity index (χ4v) is 4.71. The summed E-state index contributed by atoms with van der Waals surface area (Å²) < 4.78 is 3.43. The Morgan fingerprint density at radius 3 is 2.96 bits per heavy atom. The average molecular weight is 400 g/mol. The van der Waals surface area contributed by atoms with Gasteiger partial charge in [-0.1, -0.05) is 23.9 Å². The normalized spacial score (nSPS) is 18.3. The predicted octanol–water partition coefficient (Wildman–Crippen LogP) is 2.39. The maximum Gasteiger partial charge on any atom is 0.267 e.